The quantitative estimate of drug-likeness (QED) is 0.819. The fourth-order valence-electron chi connectivity index (χ4n) is 2.99. The first-order valence-corrected chi connectivity index (χ1v) is 8.58. The zero-order valence-electron chi connectivity index (χ0n) is 15.1. The molecule has 134 valence electrons. The minimum atomic E-state index is 0.0693. The Labute approximate surface area is 148 Å². The molecule has 0 spiro atoms. The minimum absolute atomic E-state index is 0.0693. The molecule has 7 nitrogen and oxygen atoms in total. The number of aromatic nitrogens is 2. The van der Waals surface area contributed by atoms with Gasteiger partial charge >= 0.3 is 0 Å². The molecular formula is C18H25N5O2. The van der Waals surface area contributed by atoms with Crippen LogP contribution in [0.2, 0.25) is 0 Å². The molecule has 0 bridgehead atoms. The number of benzene rings is 1. The predicted molar refractivity (Wildman–Crippen MR) is 95.3 cm³/mol. The zero-order valence-corrected chi connectivity index (χ0v) is 15.1. The van der Waals surface area contributed by atoms with E-state index >= 15 is 0 Å². The van der Waals surface area contributed by atoms with Gasteiger partial charge in [0.1, 0.15) is 0 Å². The SMILES string of the molecule is Cc1cccc(N2CCN(CC(=O)N(C)Cc3nnc(C)o3)CC2)c1. The van der Waals surface area contributed by atoms with Crippen molar-refractivity contribution in [2.45, 2.75) is 20.4 Å². The first-order chi connectivity index (χ1) is 12.0. The number of hydrogen-bond acceptors (Lipinski definition) is 6. The molecule has 1 aromatic heterocycles. The van der Waals surface area contributed by atoms with Crippen LogP contribution in [0.3, 0.4) is 0 Å². The van der Waals surface area contributed by atoms with E-state index in [0.717, 1.165) is 26.2 Å². The van der Waals surface area contributed by atoms with Crippen molar-refractivity contribution in [3.8, 4) is 0 Å². The highest BCUT2D eigenvalue weighted by molar-refractivity contribution is 5.77. The summed E-state index contributed by atoms with van der Waals surface area (Å²) in [5, 5.41) is 7.72. The summed E-state index contributed by atoms with van der Waals surface area (Å²) < 4.78 is 5.33. The summed E-state index contributed by atoms with van der Waals surface area (Å²) in [5.41, 5.74) is 2.53. The van der Waals surface area contributed by atoms with Gasteiger partial charge in [-0.3, -0.25) is 9.69 Å². The summed E-state index contributed by atoms with van der Waals surface area (Å²) in [5.74, 6) is 1.06. The van der Waals surface area contributed by atoms with Crippen molar-refractivity contribution in [3.05, 3.63) is 41.6 Å². The molecule has 1 aromatic carbocycles. The van der Waals surface area contributed by atoms with Crippen LogP contribution in [-0.4, -0.2) is 65.7 Å². The Kier molecular flexibility index (Phi) is 5.33. The molecule has 0 atom stereocenters. The van der Waals surface area contributed by atoms with Crippen LogP contribution < -0.4 is 4.90 Å². The zero-order chi connectivity index (χ0) is 17.8. The van der Waals surface area contributed by atoms with Gasteiger partial charge in [-0.1, -0.05) is 12.1 Å². The normalized spacial score (nSPS) is 15.4. The first-order valence-electron chi connectivity index (χ1n) is 8.58. The van der Waals surface area contributed by atoms with Crippen molar-refractivity contribution in [1.82, 2.24) is 20.0 Å². The van der Waals surface area contributed by atoms with Gasteiger partial charge in [0.25, 0.3) is 0 Å². The molecule has 0 aliphatic carbocycles. The largest absolute Gasteiger partial charge is 0.424 e. The summed E-state index contributed by atoms with van der Waals surface area (Å²) in [7, 11) is 1.77. The van der Waals surface area contributed by atoms with E-state index < -0.39 is 0 Å². The van der Waals surface area contributed by atoms with E-state index in [9.17, 15) is 4.79 Å². The summed E-state index contributed by atoms with van der Waals surface area (Å²) in [6.07, 6.45) is 0. The molecule has 1 amide bonds. The van der Waals surface area contributed by atoms with Gasteiger partial charge in [0.15, 0.2) is 0 Å². The molecule has 7 heteroatoms. The number of nitrogens with zero attached hydrogens (tertiary/aromatic N) is 5. The Hall–Kier alpha value is -2.41. The molecule has 1 saturated heterocycles. The van der Waals surface area contributed by atoms with Crippen LogP contribution in [0.1, 0.15) is 17.3 Å². The number of likely N-dealkylation sites (N-methyl/N-ethyl adjacent to an activating group) is 1. The van der Waals surface area contributed by atoms with Gasteiger partial charge in [-0.05, 0) is 24.6 Å². The van der Waals surface area contributed by atoms with E-state index in [1.54, 1.807) is 18.9 Å². The van der Waals surface area contributed by atoms with E-state index in [1.165, 1.54) is 11.3 Å². The molecule has 0 unspecified atom stereocenters. The van der Waals surface area contributed by atoms with Gasteiger partial charge < -0.3 is 14.2 Å². The van der Waals surface area contributed by atoms with Gasteiger partial charge in [-0.25, -0.2) is 0 Å². The van der Waals surface area contributed by atoms with Gasteiger partial charge in [-0.15, -0.1) is 10.2 Å². The highest BCUT2D eigenvalue weighted by atomic mass is 16.4. The van der Waals surface area contributed by atoms with Gasteiger partial charge in [0.05, 0.1) is 13.1 Å². The van der Waals surface area contributed by atoms with E-state index in [1.807, 2.05) is 0 Å². The predicted octanol–water partition coefficient (Wildman–Crippen LogP) is 1.47. The third kappa shape index (κ3) is 4.57. The van der Waals surface area contributed by atoms with Crippen molar-refractivity contribution in [3.63, 3.8) is 0 Å². The number of anilines is 1. The third-order valence-electron chi connectivity index (χ3n) is 4.46. The van der Waals surface area contributed by atoms with Crippen LogP contribution in [0.4, 0.5) is 5.69 Å². The molecule has 1 fully saturated rings. The standard InChI is InChI=1S/C18H25N5O2/c1-14-5-4-6-16(11-14)23-9-7-22(8-10-23)13-18(24)21(3)12-17-20-19-15(2)25-17/h4-6,11H,7-10,12-13H2,1-3H3. The number of carbonyl (C=O) groups is 1. The lowest BCUT2D eigenvalue weighted by Crippen LogP contribution is -2.49. The van der Waals surface area contributed by atoms with Crippen LogP contribution in [0, 0.1) is 13.8 Å². The third-order valence-corrected chi connectivity index (χ3v) is 4.46. The van der Waals surface area contributed by atoms with E-state index in [0.29, 0.717) is 24.9 Å². The maximum absolute atomic E-state index is 12.4. The fraction of sp³-hybridized carbons (Fsp3) is 0.500. The Morgan fingerprint density at radius 1 is 1.20 bits per heavy atom. The van der Waals surface area contributed by atoms with Gasteiger partial charge in [0.2, 0.25) is 17.7 Å². The number of piperazine rings is 1. The van der Waals surface area contributed by atoms with Crippen LogP contribution in [-0.2, 0) is 11.3 Å². The van der Waals surface area contributed by atoms with Crippen molar-refractivity contribution >= 4 is 11.6 Å². The summed E-state index contributed by atoms with van der Waals surface area (Å²) in [6, 6.07) is 8.56. The second-order valence-electron chi connectivity index (χ2n) is 6.57. The number of carbonyl (C=O) groups excluding carboxylic acids is 1. The number of rotatable bonds is 5. The van der Waals surface area contributed by atoms with Gasteiger partial charge in [0, 0.05) is 45.8 Å². The summed E-state index contributed by atoms with van der Waals surface area (Å²) in [6.45, 7) is 8.26. The second-order valence-corrected chi connectivity index (χ2v) is 6.57. The molecule has 0 radical (unpaired) electrons. The second kappa shape index (κ2) is 7.65. The van der Waals surface area contributed by atoms with Crippen molar-refractivity contribution in [1.29, 1.82) is 0 Å². The smallest absolute Gasteiger partial charge is 0.236 e. The van der Waals surface area contributed by atoms with Crippen molar-refractivity contribution < 1.29 is 9.21 Å². The monoisotopic (exact) mass is 343 g/mol. The fourth-order valence-corrected chi connectivity index (χ4v) is 2.99. The minimum Gasteiger partial charge on any atom is -0.424 e. The average Bonchev–Trinajstić information content (AvgIpc) is 3.00. The molecule has 2 heterocycles. The Morgan fingerprint density at radius 2 is 1.96 bits per heavy atom. The number of amides is 1. The Balaban J connectivity index is 1.47. The lowest BCUT2D eigenvalue weighted by Gasteiger charge is -2.36. The molecule has 3 rings (SSSR count). The molecule has 2 aromatic rings. The molecule has 1 aliphatic rings. The molecule has 0 saturated carbocycles. The van der Waals surface area contributed by atoms with Crippen molar-refractivity contribution in [2.24, 2.45) is 0 Å². The maximum Gasteiger partial charge on any atom is 0.236 e. The van der Waals surface area contributed by atoms with Crippen LogP contribution in [0.15, 0.2) is 28.7 Å². The van der Waals surface area contributed by atoms with Crippen LogP contribution in [0.25, 0.3) is 0 Å². The maximum atomic E-state index is 12.4. The molecular weight excluding hydrogens is 318 g/mol. The van der Waals surface area contributed by atoms with Crippen LogP contribution >= 0.6 is 0 Å². The topological polar surface area (TPSA) is 65.7 Å². The highest BCUT2D eigenvalue weighted by Gasteiger charge is 2.21. The van der Waals surface area contributed by atoms with Crippen molar-refractivity contribution in [2.75, 3.05) is 44.7 Å². The lowest BCUT2D eigenvalue weighted by molar-refractivity contribution is -0.132. The van der Waals surface area contributed by atoms with E-state index in [4.69, 9.17) is 4.42 Å². The summed E-state index contributed by atoms with van der Waals surface area (Å²) in [4.78, 5) is 18.6. The summed E-state index contributed by atoms with van der Waals surface area (Å²) >= 11 is 0. The first kappa shape index (κ1) is 17.4. The lowest BCUT2D eigenvalue weighted by atomic mass is 10.2. The number of aryl methyl sites for hydroxylation is 2. The number of hydrogen-bond donors (Lipinski definition) is 0. The molecule has 25 heavy (non-hydrogen) atoms. The van der Waals surface area contributed by atoms with E-state index in [-0.39, 0.29) is 5.91 Å². The Morgan fingerprint density at radius 3 is 2.60 bits per heavy atom. The van der Waals surface area contributed by atoms with E-state index in [2.05, 4.69) is 51.2 Å². The average molecular weight is 343 g/mol. The highest BCUT2D eigenvalue weighted by Crippen LogP contribution is 2.17. The molecule has 0 N–H and O–H groups in total. The van der Waals surface area contributed by atoms with Crippen LogP contribution in [0.5, 0.6) is 0 Å². The van der Waals surface area contributed by atoms with Gasteiger partial charge in [-0.2, -0.15) is 0 Å². The molecule has 1 aliphatic heterocycles. The Bertz CT molecular complexity index is 722.